The lowest BCUT2D eigenvalue weighted by molar-refractivity contribution is -0.273. The topological polar surface area (TPSA) is 187 Å². The zero-order valence-corrected chi connectivity index (χ0v) is 22.5. The van der Waals surface area contributed by atoms with Crippen molar-refractivity contribution in [3.05, 3.63) is 0 Å². The van der Waals surface area contributed by atoms with Gasteiger partial charge in [-0.05, 0) is 39.5 Å². The van der Waals surface area contributed by atoms with E-state index in [4.69, 9.17) is 47.6 Å². The Morgan fingerprint density at radius 2 is 1.03 bits per heavy atom. The van der Waals surface area contributed by atoms with Crippen molar-refractivity contribution in [1.82, 2.24) is 0 Å². The molecule has 2 heterocycles. The molecule has 2 fully saturated rings. The molecule has 2 aliphatic rings. The lowest BCUT2D eigenvalue weighted by Crippen LogP contribution is -2.65. The molecule has 0 aromatic rings. The molecule has 0 spiro atoms. The van der Waals surface area contributed by atoms with Gasteiger partial charge in [0.05, 0.1) is 30.5 Å². The van der Waals surface area contributed by atoms with Gasteiger partial charge in [0, 0.05) is 37.0 Å². The third kappa shape index (κ3) is 8.33. The first-order valence-corrected chi connectivity index (χ1v) is 12.7. The smallest absolute Gasteiger partial charge is 0.185 e. The van der Waals surface area contributed by atoms with Crippen LogP contribution in [0.5, 0.6) is 0 Å². The van der Waals surface area contributed by atoms with Gasteiger partial charge in [-0.3, -0.25) is 0 Å². The molecule has 0 aliphatic carbocycles. The second-order valence-corrected chi connectivity index (χ2v) is 10.8. The molecule has 10 atom stereocenters. The normalized spacial score (nSPS) is 39.0. The van der Waals surface area contributed by atoms with E-state index in [0.717, 1.165) is 0 Å². The summed E-state index contributed by atoms with van der Waals surface area (Å²) in [6, 6.07) is -0.797. The van der Waals surface area contributed by atoms with Crippen LogP contribution in [0, 0.1) is 23.7 Å². The summed E-state index contributed by atoms with van der Waals surface area (Å²) >= 11 is 0. The Morgan fingerprint density at radius 3 is 1.41 bits per heavy atom. The first-order chi connectivity index (χ1) is 15.8. The molecule has 10 nitrogen and oxygen atoms in total. The largest absolute Gasteiger partial charge is 0.386 e. The monoisotopic (exact) mass is 491 g/mol. The Labute approximate surface area is 206 Å². The Morgan fingerprint density at radius 1 is 0.647 bits per heavy atom. The number of hydrogen-bond donors (Lipinski definition) is 6. The number of aliphatic hydroxyl groups is 1. The van der Waals surface area contributed by atoms with E-state index in [1.165, 1.54) is 0 Å². The predicted molar refractivity (Wildman–Crippen MR) is 134 cm³/mol. The van der Waals surface area contributed by atoms with Gasteiger partial charge in [-0.2, -0.15) is 0 Å². The molecule has 0 bridgehead atoms. The third-order valence-corrected chi connectivity index (χ3v) is 6.61. The van der Waals surface area contributed by atoms with E-state index in [1.54, 1.807) is 0 Å². The van der Waals surface area contributed by atoms with E-state index in [0.29, 0.717) is 24.9 Å². The molecule has 0 aromatic carbocycles. The first-order valence-electron chi connectivity index (χ1n) is 12.7. The van der Waals surface area contributed by atoms with Crippen molar-refractivity contribution in [2.24, 2.45) is 52.3 Å². The number of rotatable bonds is 8. The summed E-state index contributed by atoms with van der Waals surface area (Å²) in [7, 11) is 0. The summed E-state index contributed by atoms with van der Waals surface area (Å²) in [5, 5.41) is 10.1. The molecule has 0 aromatic heterocycles. The van der Waals surface area contributed by atoms with Gasteiger partial charge < -0.3 is 52.7 Å². The maximum Gasteiger partial charge on any atom is 0.185 e. The van der Waals surface area contributed by atoms with Crippen LogP contribution >= 0.6 is 0 Å². The van der Waals surface area contributed by atoms with Crippen LogP contribution in [0.1, 0.15) is 55.4 Å². The molecule has 2 rings (SSSR count). The zero-order chi connectivity index (χ0) is 26.3. The van der Waals surface area contributed by atoms with Crippen LogP contribution in [-0.4, -0.2) is 79.4 Å². The predicted octanol–water partition coefficient (Wildman–Crippen LogP) is 0.0772. The molecule has 0 amide bonds. The van der Waals surface area contributed by atoms with Crippen molar-refractivity contribution < 1.29 is 24.1 Å². The molecule has 204 valence electrons. The van der Waals surface area contributed by atoms with Crippen LogP contribution in [0.15, 0.2) is 0 Å². The van der Waals surface area contributed by atoms with Crippen LogP contribution in [0.3, 0.4) is 0 Å². The summed E-state index contributed by atoms with van der Waals surface area (Å²) in [6.45, 7) is 16.9. The Hall–Kier alpha value is -0.400. The molecule has 0 saturated carbocycles. The Bertz CT molecular complexity index is 512. The molecule has 10 heteroatoms. The summed E-state index contributed by atoms with van der Waals surface area (Å²) in [4.78, 5) is 0. The van der Waals surface area contributed by atoms with Crippen molar-refractivity contribution in [2.45, 2.75) is 117 Å². The van der Waals surface area contributed by atoms with E-state index in [1.807, 2.05) is 27.7 Å². The lowest BCUT2D eigenvalue weighted by atomic mass is 9.79. The molecule has 11 N–H and O–H groups in total. The fourth-order valence-electron chi connectivity index (χ4n) is 4.98. The van der Waals surface area contributed by atoms with Crippen LogP contribution < -0.4 is 28.7 Å². The standard InChI is InChI=1S/C12H27N3O2.C12H26N2O3/c2*1-6(2)9-8(5-13)17-12(16-7(3)4)11(15)10(9)14/h6-12H,5,13-15H2,1-4H3;6-12,15H,5,13-14H2,1-4H3/t2*8?,9-,10?,11-,12+/m00/s1. The van der Waals surface area contributed by atoms with Crippen LogP contribution in [0.25, 0.3) is 0 Å². The highest BCUT2D eigenvalue weighted by Crippen LogP contribution is 2.31. The highest BCUT2D eigenvalue weighted by Gasteiger charge is 2.45. The van der Waals surface area contributed by atoms with Crippen molar-refractivity contribution in [1.29, 1.82) is 0 Å². The van der Waals surface area contributed by atoms with Crippen LogP contribution in [-0.2, 0) is 18.9 Å². The molecule has 0 radical (unpaired) electrons. The second-order valence-electron chi connectivity index (χ2n) is 10.8. The van der Waals surface area contributed by atoms with Gasteiger partial charge in [0.25, 0.3) is 0 Å². The highest BCUT2D eigenvalue weighted by molar-refractivity contribution is 4.96. The average Bonchev–Trinajstić information content (AvgIpc) is 2.73. The van der Waals surface area contributed by atoms with E-state index >= 15 is 0 Å². The van der Waals surface area contributed by atoms with Crippen molar-refractivity contribution in [3.63, 3.8) is 0 Å². The maximum atomic E-state index is 10.1. The van der Waals surface area contributed by atoms with E-state index in [9.17, 15) is 5.11 Å². The summed E-state index contributed by atoms with van der Waals surface area (Å²) in [5.41, 5.74) is 29.9. The van der Waals surface area contributed by atoms with Crippen LogP contribution in [0.2, 0.25) is 0 Å². The average molecular weight is 492 g/mol. The molecule has 2 saturated heterocycles. The minimum Gasteiger partial charge on any atom is -0.386 e. The van der Waals surface area contributed by atoms with Gasteiger partial charge in [-0.25, -0.2) is 0 Å². The summed E-state index contributed by atoms with van der Waals surface area (Å²) in [5.74, 6) is 0.946. The third-order valence-electron chi connectivity index (χ3n) is 6.61. The van der Waals surface area contributed by atoms with Crippen molar-refractivity contribution >= 4 is 0 Å². The fraction of sp³-hybridized carbons (Fsp3) is 1.00. The summed E-state index contributed by atoms with van der Waals surface area (Å²) in [6.07, 6.45) is -2.11. The van der Waals surface area contributed by atoms with E-state index in [-0.39, 0.29) is 54.4 Å². The SMILES string of the molecule is CC(C)O[C@@H]1OC(CN)[C@H](C(C)C)C(N)[C@@H]1N.CC(C)O[C@@H]1OC(CN)[C@H](C(C)C)C(N)[C@@H]1O. The molecule has 4 unspecified atom stereocenters. The molecular weight excluding hydrogens is 438 g/mol. The Kier molecular flexibility index (Phi) is 13.4. The first kappa shape index (κ1) is 31.6. The zero-order valence-electron chi connectivity index (χ0n) is 22.5. The number of hydrogen-bond acceptors (Lipinski definition) is 10. The van der Waals surface area contributed by atoms with Gasteiger partial charge in [-0.15, -0.1) is 0 Å². The van der Waals surface area contributed by atoms with Crippen LogP contribution in [0.4, 0.5) is 0 Å². The van der Waals surface area contributed by atoms with Gasteiger partial charge in [0.2, 0.25) is 0 Å². The molecular formula is C24H53N5O5. The number of nitrogens with two attached hydrogens (primary N) is 5. The summed E-state index contributed by atoms with van der Waals surface area (Å²) < 4.78 is 22.8. The minimum absolute atomic E-state index is 0.0177. The van der Waals surface area contributed by atoms with Gasteiger partial charge in [0.15, 0.2) is 12.6 Å². The molecule has 2 aliphatic heterocycles. The molecule has 34 heavy (non-hydrogen) atoms. The van der Waals surface area contributed by atoms with E-state index < -0.39 is 18.7 Å². The quantitative estimate of drug-likeness (QED) is 0.271. The minimum atomic E-state index is -0.799. The van der Waals surface area contributed by atoms with Crippen molar-refractivity contribution in [2.75, 3.05) is 13.1 Å². The van der Waals surface area contributed by atoms with Gasteiger partial charge >= 0.3 is 0 Å². The highest BCUT2D eigenvalue weighted by atomic mass is 16.7. The van der Waals surface area contributed by atoms with Gasteiger partial charge in [-0.1, -0.05) is 27.7 Å². The number of ether oxygens (including phenoxy) is 4. The van der Waals surface area contributed by atoms with Crippen molar-refractivity contribution in [3.8, 4) is 0 Å². The lowest BCUT2D eigenvalue weighted by Gasteiger charge is -2.46. The van der Waals surface area contributed by atoms with Gasteiger partial charge in [0.1, 0.15) is 6.10 Å². The maximum absolute atomic E-state index is 10.1. The fourth-order valence-corrected chi connectivity index (χ4v) is 4.98. The second kappa shape index (κ2) is 14.4. The Balaban J connectivity index is 0.000000340. The number of aliphatic hydroxyl groups excluding tert-OH is 1. The van der Waals surface area contributed by atoms with E-state index in [2.05, 4.69) is 27.7 Å².